The van der Waals surface area contributed by atoms with Gasteiger partial charge in [-0.25, -0.2) is 14.5 Å². The molecule has 2 N–H and O–H groups in total. The molecule has 0 aromatic rings. The van der Waals surface area contributed by atoms with E-state index in [2.05, 4.69) is 10.6 Å². The third kappa shape index (κ3) is 2.12. The van der Waals surface area contributed by atoms with Crippen LogP contribution in [0.5, 0.6) is 0 Å². The molecule has 6 heteroatoms. The number of nitrogens with zero attached hydrogens (tertiary/aromatic N) is 1. The maximum absolute atomic E-state index is 11.6. The Labute approximate surface area is 87.6 Å². The fourth-order valence-electron chi connectivity index (χ4n) is 1.21. The van der Waals surface area contributed by atoms with Crippen molar-refractivity contribution in [3.63, 3.8) is 0 Å². The standard InChI is InChI=1S/C8H15N3O2S/c1-8(2,3)11-6(12)9-5(14-4)10-7(11)13/h5H,1-4H3,(H,9,12)(H,10,13). The number of thioether (sulfide) groups is 1. The lowest BCUT2D eigenvalue weighted by Gasteiger charge is -2.39. The highest BCUT2D eigenvalue weighted by molar-refractivity contribution is 7.99. The number of hydrogen-bond acceptors (Lipinski definition) is 3. The van der Waals surface area contributed by atoms with Crippen LogP contribution in [0.15, 0.2) is 0 Å². The molecule has 1 fully saturated rings. The summed E-state index contributed by atoms with van der Waals surface area (Å²) in [6.07, 6.45) is 1.82. The summed E-state index contributed by atoms with van der Waals surface area (Å²) in [5.41, 5.74) is -0.828. The number of rotatable bonds is 1. The van der Waals surface area contributed by atoms with Crippen molar-refractivity contribution in [3.05, 3.63) is 0 Å². The fraction of sp³-hybridized carbons (Fsp3) is 0.750. The van der Waals surface area contributed by atoms with Gasteiger partial charge in [0.05, 0.1) is 0 Å². The third-order valence-electron chi connectivity index (χ3n) is 1.82. The van der Waals surface area contributed by atoms with E-state index in [1.54, 1.807) is 0 Å². The second kappa shape index (κ2) is 3.68. The molecule has 1 heterocycles. The van der Waals surface area contributed by atoms with Gasteiger partial charge in [-0.3, -0.25) is 0 Å². The van der Waals surface area contributed by atoms with Gasteiger partial charge in [0, 0.05) is 5.54 Å². The molecule has 0 aliphatic carbocycles. The van der Waals surface area contributed by atoms with Crippen LogP contribution in [0.3, 0.4) is 0 Å². The Morgan fingerprint density at radius 1 is 1.21 bits per heavy atom. The highest BCUT2D eigenvalue weighted by Crippen LogP contribution is 2.17. The first kappa shape index (κ1) is 11.2. The molecule has 14 heavy (non-hydrogen) atoms. The molecule has 1 rings (SSSR count). The van der Waals surface area contributed by atoms with Crippen molar-refractivity contribution in [2.45, 2.75) is 31.8 Å². The van der Waals surface area contributed by atoms with Crippen molar-refractivity contribution in [1.29, 1.82) is 0 Å². The van der Waals surface area contributed by atoms with Gasteiger partial charge in [-0.05, 0) is 27.0 Å². The van der Waals surface area contributed by atoms with Crippen LogP contribution in [0.25, 0.3) is 0 Å². The molecular formula is C8H15N3O2S. The SMILES string of the molecule is CSC1NC(=O)N(C(C)(C)C)C(=O)N1. The average molecular weight is 217 g/mol. The third-order valence-corrected chi connectivity index (χ3v) is 2.53. The quantitative estimate of drug-likeness (QED) is 0.693. The highest BCUT2D eigenvalue weighted by atomic mass is 32.2. The summed E-state index contributed by atoms with van der Waals surface area (Å²) in [5, 5.41) is 5.34. The van der Waals surface area contributed by atoms with Crippen molar-refractivity contribution in [2.24, 2.45) is 0 Å². The zero-order valence-corrected chi connectivity index (χ0v) is 9.57. The zero-order valence-electron chi connectivity index (χ0n) is 8.75. The lowest BCUT2D eigenvalue weighted by Crippen LogP contribution is -2.66. The molecule has 0 radical (unpaired) electrons. The average Bonchev–Trinajstić information content (AvgIpc) is 1.99. The maximum atomic E-state index is 11.6. The van der Waals surface area contributed by atoms with E-state index in [4.69, 9.17) is 0 Å². The smallest absolute Gasteiger partial charge is 0.308 e. The Balaban J connectivity index is 2.81. The first-order valence-corrected chi connectivity index (χ1v) is 5.59. The predicted octanol–water partition coefficient (Wildman–Crippen LogP) is 1.17. The van der Waals surface area contributed by atoms with Gasteiger partial charge < -0.3 is 10.6 Å². The van der Waals surface area contributed by atoms with Gasteiger partial charge >= 0.3 is 12.1 Å². The van der Waals surface area contributed by atoms with Crippen LogP contribution < -0.4 is 10.6 Å². The summed E-state index contributed by atoms with van der Waals surface area (Å²) in [6, 6.07) is -0.693. The van der Waals surface area contributed by atoms with Crippen LogP contribution in [0.2, 0.25) is 0 Å². The normalized spacial score (nSPS) is 19.3. The van der Waals surface area contributed by atoms with E-state index < -0.39 is 5.54 Å². The Hall–Kier alpha value is -0.910. The van der Waals surface area contributed by atoms with Crippen molar-refractivity contribution < 1.29 is 9.59 Å². The molecular weight excluding hydrogens is 202 g/mol. The molecule has 1 saturated heterocycles. The molecule has 4 amide bonds. The molecule has 0 saturated carbocycles. The number of carbonyl (C=O) groups is 2. The summed E-state index contributed by atoms with van der Waals surface area (Å²) in [6.45, 7) is 5.43. The molecule has 0 aromatic carbocycles. The summed E-state index contributed by atoms with van der Waals surface area (Å²) >= 11 is 1.38. The molecule has 0 bridgehead atoms. The largest absolute Gasteiger partial charge is 0.328 e. The molecule has 0 aromatic heterocycles. The van der Waals surface area contributed by atoms with Gasteiger partial charge in [-0.1, -0.05) is 0 Å². The first-order valence-electron chi connectivity index (χ1n) is 4.30. The van der Waals surface area contributed by atoms with Crippen LogP contribution in [0.4, 0.5) is 9.59 Å². The lowest BCUT2D eigenvalue weighted by molar-refractivity contribution is 0.136. The minimum absolute atomic E-state index is 0.325. The second-order valence-corrected chi connectivity index (χ2v) is 4.96. The maximum Gasteiger partial charge on any atom is 0.328 e. The van der Waals surface area contributed by atoms with Crippen molar-refractivity contribution in [1.82, 2.24) is 15.5 Å². The highest BCUT2D eigenvalue weighted by Gasteiger charge is 2.38. The van der Waals surface area contributed by atoms with E-state index >= 15 is 0 Å². The Morgan fingerprint density at radius 3 is 1.93 bits per heavy atom. The molecule has 0 unspecified atom stereocenters. The Kier molecular flexibility index (Phi) is 2.94. The summed E-state index contributed by atoms with van der Waals surface area (Å²) in [4.78, 5) is 24.3. The van der Waals surface area contributed by atoms with E-state index in [1.807, 2.05) is 27.0 Å². The monoisotopic (exact) mass is 217 g/mol. The van der Waals surface area contributed by atoms with Crippen LogP contribution >= 0.6 is 11.8 Å². The van der Waals surface area contributed by atoms with Gasteiger partial charge in [0.1, 0.15) is 0 Å². The summed E-state index contributed by atoms with van der Waals surface area (Å²) in [5.74, 6) is 0. The van der Waals surface area contributed by atoms with Crippen LogP contribution in [-0.2, 0) is 0 Å². The topological polar surface area (TPSA) is 61.4 Å². The number of carbonyl (C=O) groups excluding carboxylic acids is 2. The zero-order chi connectivity index (χ0) is 10.9. The van der Waals surface area contributed by atoms with Crippen LogP contribution in [0, 0.1) is 0 Å². The minimum Gasteiger partial charge on any atom is -0.308 e. The van der Waals surface area contributed by atoms with Gasteiger partial charge in [0.15, 0.2) is 5.50 Å². The minimum atomic E-state index is -0.502. The number of hydrogen-bond donors (Lipinski definition) is 2. The molecule has 80 valence electrons. The van der Waals surface area contributed by atoms with E-state index in [9.17, 15) is 9.59 Å². The molecule has 0 atom stereocenters. The number of imide groups is 1. The van der Waals surface area contributed by atoms with Gasteiger partial charge in [0.2, 0.25) is 0 Å². The second-order valence-electron chi connectivity index (χ2n) is 4.02. The number of amides is 4. The molecule has 5 nitrogen and oxygen atoms in total. The summed E-state index contributed by atoms with van der Waals surface area (Å²) < 4.78 is 0. The van der Waals surface area contributed by atoms with Crippen molar-refractivity contribution in [2.75, 3.05) is 6.26 Å². The lowest BCUT2D eigenvalue weighted by atomic mass is 10.1. The summed E-state index contributed by atoms with van der Waals surface area (Å²) in [7, 11) is 0. The van der Waals surface area contributed by atoms with Crippen LogP contribution in [0.1, 0.15) is 20.8 Å². The van der Waals surface area contributed by atoms with Crippen molar-refractivity contribution >= 4 is 23.8 Å². The van der Waals surface area contributed by atoms with Crippen LogP contribution in [-0.4, -0.2) is 34.3 Å². The van der Waals surface area contributed by atoms with E-state index in [0.29, 0.717) is 0 Å². The van der Waals surface area contributed by atoms with Crippen molar-refractivity contribution in [3.8, 4) is 0 Å². The Bertz CT molecular complexity index is 244. The number of urea groups is 2. The van der Waals surface area contributed by atoms with E-state index in [1.165, 1.54) is 16.7 Å². The van der Waals surface area contributed by atoms with Gasteiger partial charge in [-0.15, -0.1) is 11.8 Å². The van der Waals surface area contributed by atoms with Gasteiger partial charge in [-0.2, -0.15) is 0 Å². The predicted molar refractivity (Wildman–Crippen MR) is 56.0 cm³/mol. The number of nitrogens with one attached hydrogen (secondary N) is 2. The van der Waals surface area contributed by atoms with E-state index in [0.717, 1.165) is 0 Å². The molecule has 0 spiro atoms. The first-order chi connectivity index (χ1) is 6.36. The molecule has 1 aliphatic heterocycles. The molecule has 1 aliphatic rings. The van der Waals surface area contributed by atoms with Gasteiger partial charge in [0.25, 0.3) is 0 Å². The Morgan fingerprint density at radius 2 is 1.64 bits per heavy atom. The fourth-order valence-corrected chi connectivity index (χ4v) is 1.65. The van der Waals surface area contributed by atoms with E-state index in [-0.39, 0.29) is 17.6 Å².